The lowest BCUT2D eigenvalue weighted by molar-refractivity contribution is -0.119. The maximum absolute atomic E-state index is 11.5. The molecule has 1 heterocycles. The molecule has 0 saturated carbocycles. The Labute approximate surface area is 119 Å². The Balaban J connectivity index is 2.10. The maximum Gasteiger partial charge on any atom is 0.224 e. The summed E-state index contributed by atoms with van der Waals surface area (Å²) in [5, 5.41) is 6.03. The summed E-state index contributed by atoms with van der Waals surface area (Å²) in [6, 6.07) is 9.86. The van der Waals surface area contributed by atoms with Gasteiger partial charge in [-0.3, -0.25) is 9.78 Å². The molecule has 0 aliphatic rings. The van der Waals surface area contributed by atoms with E-state index in [1.165, 1.54) is 5.56 Å². The van der Waals surface area contributed by atoms with E-state index in [4.69, 9.17) is 0 Å². The molecule has 0 fully saturated rings. The average molecular weight is 269 g/mol. The van der Waals surface area contributed by atoms with Crippen molar-refractivity contribution < 1.29 is 4.79 Å². The van der Waals surface area contributed by atoms with Crippen molar-refractivity contribution in [3.63, 3.8) is 0 Å². The molecule has 2 N–H and O–H groups in total. The molecule has 0 spiro atoms. The van der Waals surface area contributed by atoms with Gasteiger partial charge in [0, 0.05) is 31.7 Å². The molecule has 4 heteroatoms. The number of aryl methyl sites for hydroxylation is 1. The number of aromatic nitrogens is 1. The highest BCUT2D eigenvalue weighted by atomic mass is 16.1. The molecule has 2 aromatic rings. The number of nitrogens with one attached hydrogen (secondary N) is 2. The first-order valence-electron chi connectivity index (χ1n) is 6.62. The zero-order valence-electron chi connectivity index (χ0n) is 11.8. The smallest absolute Gasteiger partial charge is 0.224 e. The fourth-order valence-electron chi connectivity index (χ4n) is 1.98. The van der Waals surface area contributed by atoms with Crippen LogP contribution in [0, 0.1) is 6.92 Å². The van der Waals surface area contributed by atoms with Gasteiger partial charge < -0.3 is 10.6 Å². The summed E-state index contributed by atoms with van der Waals surface area (Å²) in [6.45, 7) is 2.76. The number of pyridine rings is 1. The minimum atomic E-state index is 0.0109. The third-order valence-corrected chi connectivity index (χ3v) is 3.26. The number of likely N-dealkylation sites (N-methyl/N-ethyl adjacent to an activating group) is 1. The van der Waals surface area contributed by atoms with Gasteiger partial charge in [-0.1, -0.05) is 18.2 Å². The van der Waals surface area contributed by atoms with Gasteiger partial charge in [0.15, 0.2) is 0 Å². The molecule has 1 aromatic heterocycles. The van der Waals surface area contributed by atoms with Gasteiger partial charge in [0.1, 0.15) is 0 Å². The van der Waals surface area contributed by atoms with E-state index >= 15 is 0 Å². The molecular weight excluding hydrogens is 250 g/mol. The van der Waals surface area contributed by atoms with Gasteiger partial charge in [-0.15, -0.1) is 0 Å². The van der Waals surface area contributed by atoms with Crippen LogP contribution in [0.5, 0.6) is 0 Å². The highest BCUT2D eigenvalue weighted by molar-refractivity contribution is 5.80. The van der Waals surface area contributed by atoms with E-state index in [1.807, 2.05) is 36.5 Å². The maximum atomic E-state index is 11.5. The number of para-hydroxylation sites is 1. The summed E-state index contributed by atoms with van der Waals surface area (Å²) in [5.74, 6) is 0.0109. The van der Waals surface area contributed by atoms with E-state index < -0.39 is 0 Å². The predicted octanol–water partition coefficient (Wildman–Crippen LogP) is 2.29. The van der Waals surface area contributed by atoms with Crippen molar-refractivity contribution in [3.05, 3.63) is 59.4 Å². The van der Waals surface area contributed by atoms with E-state index in [1.54, 1.807) is 13.2 Å². The van der Waals surface area contributed by atoms with Gasteiger partial charge in [0.2, 0.25) is 5.91 Å². The Kier molecular flexibility index (Phi) is 4.71. The number of nitrogens with zero attached hydrogens (tertiary/aromatic N) is 1. The Hall–Kier alpha value is -2.36. The highest BCUT2D eigenvalue weighted by Gasteiger charge is 2.06. The Bertz CT molecular complexity index is 596. The van der Waals surface area contributed by atoms with Crippen LogP contribution in [0.15, 0.2) is 42.7 Å². The normalized spacial score (nSPS) is 10.1. The SMILES string of the molecule is CNC(=O)Cc1ccccc1NCc1cnccc1C. The zero-order valence-corrected chi connectivity index (χ0v) is 11.8. The standard InChI is InChI=1S/C16H19N3O/c1-12-7-8-18-10-14(12)11-19-15-6-4-3-5-13(15)9-16(20)17-2/h3-8,10,19H,9,11H2,1-2H3,(H,17,20). The predicted molar refractivity (Wildman–Crippen MR) is 80.5 cm³/mol. The summed E-state index contributed by atoms with van der Waals surface area (Å²) in [4.78, 5) is 15.7. The number of hydrogen-bond acceptors (Lipinski definition) is 3. The molecule has 104 valence electrons. The first-order chi connectivity index (χ1) is 9.70. The number of amides is 1. The number of carbonyl (C=O) groups excluding carboxylic acids is 1. The van der Waals surface area contributed by atoms with Gasteiger partial charge in [-0.2, -0.15) is 0 Å². The van der Waals surface area contributed by atoms with E-state index in [0.717, 1.165) is 16.8 Å². The molecule has 0 aliphatic carbocycles. The Morgan fingerprint density at radius 3 is 2.75 bits per heavy atom. The third kappa shape index (κ3) is 3.57. The lowest BCUT2D eigenvalue weighted by Gasteiger charge is -2.12. The summed E-state index contributed by atoms with van der Waals surface area (Å²) in [6.07, 6.45) is 4.04. The summed E-state index contributed by atoms with van der Waals surface area (Å²) >= 11 is 0. The molecule has 0 atom stereocenters. The van der Waals surface area contributed by atoms with E-state index in [9.17, 15) is 4.79 Å². The molecule has 4 nitrogen and oxygen atoms in total. The van der Waals surface area contributed by atoms with Crippen molar-refractivity contribution in [1.29, 1.82) is 0 Å². The quantitative estimate of drug-likeness (QED) is 0.875. The number of hydrogen-bond donors (Lipinski definition) is 2. The lowest BCUT2D eigenvalue weighted by Crippen LogP contribution is -2.20. The van der Waals surface area contributed by atoms with Crippen LogP contribution < -0.4 is 10.6 Å². The van der Waals surface area contributed by atoms with Gasteiger partial charge in [-0.05, 0) is 35.7 Å². The molecule has 0 aliphatic heterocycles. The minimum Gasteiger partial charge on any atom is -0.381 e. The highest BCUT2D eigenvalue weighted by Crippen LogP contribution is 2.17. The van der Waals surface area contributed by atoms with Crippen LogP contribution >= 0.6 is 0 Å². The third-order valence-electron chi connectivity index (χ3n) is 3.26. The van der Waals surface area contributed by atoms with Crippen LogP contribution in [0.1, 0.15) is 16.7 Å². The van der Waals surface area contributed by atoms with Crippen LogP contribution in [0.3, 0.4) is 0 Å². The zero-order chi connectivity index (χ0) is 14.4. The molecule has 0 radical (unpaired) electrons. The second-order valence-electron chi connectivity index (χ2n) is 4.66. The van der Waals surface area contributed by atoms with E-state index in [0.29, 0.717) is 13.0 Å². The van der Waals surface area contributed by atoms with Gasteiger partial charge in [0.25, 0.3) is 0 Å². The summed E-state index contributed by atoms with van der Waals surface area (Å²) in [5.41, 5.74) is 4.34. The largest absolute Gasteiger partial charge is 0.381 e. The molecule has 1 aromatic carbocycles. The summed E-state index contributed by atoms with van der Waals surface area (Å²) in [7, 11) is 1.65. The Morgan fingerprint density at radius 1 is 1.20 bits per heavy atom. The minimum absolute atomic E-state index is 0.0109. The first-order valence-corrected chi connectivity index (χ1v) is 6.62. The van der Waals surface area contributed by atoms with Crippen LogP contribution in [-0.2, 0) is 17.8 Å². The number of anilines is 1. The molecular formula is C16H19N3O. The number of rotatable bonds is 5. The number of benzene rings is 1. The van der Waals surface area contributed by atoms with E-state index in [2.05, 4.69) is 22.5 Å². The van der Waals surface area contributed by atoms with Crippen LogP contribution in [0.25, 0.3) is 0 Å². The van der Waals surface area contributed by atoms with Crippen molar-refractivity contribution in [2.24, 2.45) is 0 Å². The van der Waals surface area contributed by atoms with Crippen LogP contribution in [-0.4, -0.2) is 17.9 Å². The monoisotopic (exact) mass is 269 g/mol. The van der Waals surface area contributed by atoms with Gasteiger partial charge in [0.05, 0.1) is 6.42 Å². The van der Waals surface area contributed by atoms with Crippen molar-refractivity contribution in [2.45, 2.75) is 19.9 Å². The molecule has 0 bridgehead atoms. The van der Waals surface area contributed by atoms with Crippen molar-refractivity contribution in [2.75, 3.05) is 12.4 Å². The molecule has 0 unspecified atom stereocenters. The van der Waals surface area contributed by atoms with Gasteiger partial charge >= 0.3 is 0 Å². The van der Waals surface area contributed by atoms with Gasteiger partial charge in [-0.25, -0.2) is 0 Å². The Morgan fingerprint density at radius 2 is 2.00 bits per heavy atom. The van der Waals surface area contributed by atoms with E-state index in [-0.39, 0.29) is 5.91 Å². The van der Waals surface area contributed by atoms with Crippen molar-refractivity contribution in [1.82, 2.24) is 10.3 Å². The fraction of sp³-hybridized carbons (Fsp3) is 0.250. The second kappa shape index (κ2) is 6.70. The summed E-state index contributed by atoms with van der Waals surface area (Å²) < 4.78 is 0. The molecule has 20 heavy (non-hydrogen) atoms. The second-order valence-corrected chi connectivity index (χ2v) is 4.66. The molecule has 0 saturated heterocycles. The average Bonchev–Trinajstić information content (AvgIpc) is 2.47. The van der Waals surface area contributed by atoms with Crippen molar-refractivity contribution in [3.8, 4) is 0 Å². The molecule has 2 rings (SSSR count). The van der Waals surface area contributed by atoms with Crippen LogP contribution in [0.4, 0.5) is 5.69 Å². The number of carbonyl (C=O) groups is 1. The lowest BCUT2D eigenvalue weighted by atomic mass is 10.1. The first kappa shape index (κ1) is 14.1. The van der Waals surface area contributed by atoms with Crippen LogP contribution in [0.2, 0.25) is 0 Å². The molecule has 1 amide bonds. The topological polar surface area (TPSA) is 54.0 Å². The van der Waals surface area contributed by atoms with Crippen molar-refractivity contribution >= 4 is 11.6 Å². The fourth-order valence-corrected chi connectivity index (χ4v) is 1.98.